The van der Waals surface area contributed by atoms with Gasteiger partial charge in [0.1, 0.15) is 18.1 Å². The smallest absolute Gasteiger partial charge is 0.264 e. The van der Waals surface area contributed by atoms with Gasteiger partial charge in [-0.2, -0.15) is 0 Å². The minimum absolute atomic E-state index is 0.149. The third-order valence-corrected chi connectivity index (χ3v) is 7.49. The van der Waals surface area contributed by atoms with Gasteiger partial charge in [0.05, 0.1) is 28.7 Å². The van der Waals surface area contributed by atoms with Gasteiger partial charge in [-0.15, -0.1) is 0 Å². The Kier molecular flexibility index (Phi) is 7.00. The first kappa shape index (κ1) is 23.9. The van der Waals surface area contributed by atoms with Gasteiger partial charge in [0.25, 0.3) is 15.9 Å². The third-order valence-electron chi connectivity index (χ3n) is 5.38. The van der Waals surface area contributed by atoms with Crippen LogP contribution in [0.4, 0.5) is 5.69 Å². The predicted molar refractivity (Wildman–Crippen MR) is 131 cm³/mol. The number of fused-ring (bicyclic) bond motifs is 1. The fourth-order valence-corrected chi connectivity index (χ4v) is 5.24. The maximum absolute atomic E-state index is 13.5. The van der Waals surface area contributed by atoms with Crippen LogP contribution in [-0.4, -0.2) is 40.1 Å². The average Bonchev–Trinajstić information content (AvgIpc) is 2.82. The van der Waals surface area contributed by atoms with Crippen LogP contribution in [0.5, 0.6) is 11.5 Å². The summed E-state index contributed by atoms with van der Waals surface area (Å²) >= 11 is 6.07. The van der Waals surface area contributed by atoms with Crippen LogP contribution >= 0.6 is 11.6 Å². The van der Waals surface area contributed by atoms with Gasteiger partial charge < -0.3 is 14.8 Å². The Balaban J connectivity index is 1.50. The SMILES string of the molecule is Cc1ccc(S(=O)(=O)N2CC(C(=O)NCCOc3ccccc3Cl)Oc3cc(C)ccc32)cc1. The molecule has 9 heteroatoms. The number of aryl methyl sites for hydroxylation is 2. The summed E-state index contributed by atoms with van der Waals surface area (Å²) in [6.45, 7) is 4.01. The van der Waals surface area contributed by atoms with Crippen molar-refractivity contribution in [1.29, 1.82) is 0 Å². The predicted octanol–water partition coefficient (Wildman–Crippen LogP) is 4.11. The van der Waals surface area contributed by atoms with Crippen molar-refractivity contribution in [3.8, 4) is 11.5 Å². The quantitative estimate of drug-likeness (QED) is 0.493. The number of benzene rings is 3. The maximum atomic E-state index is 13.5. The van der Waals surface area contributed by atoms with Crippen LogP contribution < -0.4 is 19.1 Å². The van der Waals surface area contributed by atoms with E-state index in [1.54, 1.807) is 60.7 Å². The highest BCUT2D eigenvalue weighted by atomic mass is 35.5. The minimum Gasteiger partial charge on any atom is -0.490 e. The molecule has 3 aromatic rings. The first-order valence-electron chi connectivity index (χ1n) is 10.8. The molecule has 1 amide bonds. The molecule has 34 heavy (non-hydrogen) atoms. The largest absolute Gasteiger partial charge is 0.490 e. The fraction of sp³-hybridized carbons (Fsp3) is 0.240. The number of carbonyl (C=O) groups excluding carboxylic acids is 1. The Hall–Kier alpha value is -3.23. The number of amides is 1. The Morgan fingerprint density at radius 1 is 1.09 bits per heavy atom. The molecule has 0 aromatic heterocycles. The minimum atomic E-state index is -3.90. The molecule has 7 nitrogen and oxygen atoms in total. The lowest BCUT2D eigenvalue weighted by molar-refractivity contribution is -0.127. The molecular weight excluding hydrogens is 476 g/mol. The highest BCUT2D eigenvalue weighted by molar-refractivity contribution is 7.92. The molecule has 0 bridgehead atoms. The number of hydrogen-bond acceptors (Lipinski definition) is 5. The van der Waals surface area contributed by atoms with Gasteiger partial charge in [-0.05, 0) is 55.8 Å². The standard InChI is InChI=1S/C25H25ClN2O5S/c1-17-7-10-19(11-8-17)34(30,31)28-16-24(33-23-15-18(2)9-12-21(23)28)25(29)27-13-14-32-22-6-4-3-5-20(22)26/h3-12,15,24H,13-14,16H2,1-2H3,(H,27,29). The molecule has 0 saturated carbocycles. The fourth-order valence-electron chi connectivity index (χ4n) is 3.57. The van der Waals surface area contributed by atoms with E-state index < -0.39 is 22.0 Å². The molecule has 1 atom stereocenters. The van der Waals surface area contributed by atoms with Crippen molar-refractivity contribution in [2.24, 2.45) is 0 Å². The van der Waals surface area contributed by atoms with Crippen LogP contribution in [0.15, 0.2) is 71.6 Å². The van der Waals surface area contributed by atoms with Crippen LogP contribution in [0.1, 0.15) is 11.1 Å². The zero-order chi connectivity index (χ0) is 24.3. The highest BCUT2D eigenvalue weighted by Crippen LogP contribution is 2.37. The number of para-hydroxylation sites is 1. The second-order valence-electron chi connectivity index (χ2n) is 8.00. The summed E-state index contributed by atoms with van der Waals surface area (Å²) in [5.41, 5.74) is 2.24. The van der Waals surface area contributed by atoms with E-state index >= 15 is 0 Å². The number of anilines is 1. The molecule has 1 aliphatic rings. The molecule has 0 aliphatic carbocycles. The van der Waals surface area contributed by atoms with Gasteiger partial charge in [0.15, 0.2) is 6.10 Å². The van der Waals surface area contributed by atoms with E-state index in [2.05, 4.69) is 5.32 Å². The van der Waals surface area contributed by atoms with Crippen molar-refractivity contribution in [1.82, 2.24) is 5.32 Å². The number of rotatable bonds is 7. The van der Waals surface area contributed by atoms with Crippen LogP contribution in [0.25, 0.3) is 0 Å². The van der Waals surface area contributed by atoms with Crippen LogP contribution in [0.3, 0.4) is 0 Å². The monoisotopic (exact) mass is 500 g/mol. The van der Waals surface area contributed by atoms with Gasteiger partial charge in [0, 0.05) is 0 Å². The normalized spacial score (nSPS) is 15.3. The number of hydrogen-bond donors (Lipinski definition) is 1. The number of sulfonamides is 1. The van der Waals surface area contributed by atoms with Crippen molar-refractivity contribution in [2.75, 3.05) is 24.0 Å². The van der Waals surface area contributed by atoms with Crippen LogP contribution in [0.2, 0.25) is 5.02 Å². The average molecular weight is 501 g/mol. The van der Waals surface area contributed by atoms with Crippen molar-refractivity contribution < 1.29 is 22.7 Å². The molecule has 3 aromatic carbocycles. The first-order valence-corrected chi connectivity index (χ1v) is 12.6. The molecule has 0 spiro atoms. The summed E-state index contributed by atoms with van der Waals surface area (Å²) < 4.78 is 39.7. The second-order valence-corrected chi connectivity index (χ2v) is 10.3. The third kappa shape index (κ3) is 5.13. The van der Waals surface area contributed by atoms with Crippen molar-refractivity contribution in [3.05, 3.63) is 82.9 Å². The molecule has 1 N–H and O–H groups in total. The summed E-state index contributed by atoms with van der Waals surface area (Å²) in [6.07, 6.45) is -1.02. The maximum Gasteiger partial charge on any atom is 0.264 e. The number of halogens is 1. The molecule has 178 valence electrons. The molecule has 1 unspecified atom stereocenters. The second kappa shape index (κ2) is 9.95. The zero-order valence-electron chi connectivity index (χ0n) is 18.8. The Morgan fingerprint density at radius 2 is 1.79 bits per heavy atom. The van der Waals surface area contributed by atoms with E-state index in [4.69, 9.17) is 21.1 Å². The molecule has 0 radical (unpaired) electrons. The molecule has 1 heterocycles. The summed E-state index contributed by atoms with van der Waals surface area (Å²) in [7, 11) is -3.90. The molecule has 4 rings (SSSR count). The molecule has 0 fully saturated rings. The van der Waals surface area contributed by atoms with Crippen LogP contribution in [0, 0.1) is 13.8 Å². The summed E-state index contributed by atoms with van der Waals surface area (Å²) in [5, 5.41) is 3.23. The topological polar surface area (TPSA) is 84.9 Å². The van der Waals surface area contributed by atoms with Crippen molar-refractivity contribution >= 4 is 33.2 Å². The molecule has 1 aliphatic heterocycles. The van der Waals surface area contributed by atoms with Crippen LogP contribution in [-0.2, 0) is 14.8 Å². The summed E-state index contributed by atoms with van der Waals surface area (Å²) in [4.78, 5) is 13.0. The summed E-state index contributed by atoms with van der Waals surface area (Å²) in [5.74, 6) is 0.431. The Morgan fingerprint density at radius 3 is 2.53 bits per heavy atom. The number of nitrogens with zero attached hydrogens (tertiary/aromatic N) is 1. The van der Waals surface area contributed by atoms with E-state index in [1.807, 2.05) is 19.9 Å². The lowest BCUT2D eigenvalue weighted by Crippen LogP contribution is -2.51. The highest BCUT2D eigenvalue weighted by Gasteiger charge is 2.37. The van der Waals surface area contributed by atoms with E-state index in [1.165, 1.54) is 4.31 Å². The van der Waals surface area contributed by atoms with Crippen molar-refractivity contribution in [2.45, 2.75) is 24.8 Å². The van der Waals surface area contributed by atoms with Crippen molar-refractivity contribution in [3.63, 3.8) is 0 Å². The first-order chi connectivity index (χ1) is 16.3. The number of carbonyl (C=O) groups is 1. The van der Waals surface area contributed by atoms with E-state index in [-0.39, 0.29) is 24.6 Å². The Bertz CT molecular complexity index is 1290. The zero-order valence-corrected chi connectivity index (χ0v) is 20.4. The number of nitrogens with one attached hydrogen (secondary N) is 1. The van der Waals surface area contributed by atoms with Gasteiger partial charge in [-0.3, -0.25) is 9.10 Å². The van der Waals surface area contributed by atoms with E-state index in [9.17, 15) is 13.2 Å². The van der Waals surface area contributed by atoms with Gasteiger partial charge >= 0.3 is 0 Å². The van der Waals surface area contributed by atoms with Gasteiger partial charge in [-0.25, -0.2) is 8.42 Å². The lowest BCUT2D eigenvalue weighted by Gasteiger charge is -2.35. The van der Waals surface area contributed by atoms with E-state index in [0.717, 1.165) is 11.1 Å². The summed E-state index contributed by atoms with van der Waals surface area (Å²) in [6, 6.07) is 18.9. The van der Waals surface area contributed by atoms with Gasteiger partial charge in [0.2, 0.25) is 0 Å². The number of ether oxygens (including phenoxy) is 2. The Labute approximate surface area is 204 Å². The molecular formula is C25H25ClN2O5S. The lowest BCUT2D eigenvalue weighted by atomic mass is 10.1. The van der Waals surface area contributed by atoms with E-state index in [0.29, 0.717) is 22.2 Å². The molecule has 0 saturated heterocycles. The van der Waals surface area contributed by atoms with Gasteiger partial charge in [-0.1, -0.05) is 47.5 Å².